The third-order valence-corrected chi connectivity index (χ3v) is 6.01. The van der Waals surface area contributed by atoms with Crippen LogP contribution in [0.5, 0.6) is 0 Å². The monoisotopic (exact) mass is 399 g/mol. The number of ketones is 1. The zero-order valence-corrected chi connectivity index (χ0v) is 17.1. The topological polar surface area (TPSA) is 56.3 Å². The van der Waals surface area contributed by atoms with E-state index < -0.39 is 0 Å². The Labute approximate surface area is 171 Å². The van der Waals surface area contributed by atoms with Crippen molar-refractivity contribution in [3.05, 3.63) is 64.4 Å². The largest absolute Gasteiger partial charge is 0.457 e. The first kappa shape index (κ1) is 20.5. The molecule has 1 atom stereocenters. The van der Waals surface area contributed by atoms with Crippen molar-refractivity contribution in [3.63, 3.8) is 0 Å². The number of nitrogens with zero attached hydrogens (tertiary/aromatic N) is 1. The number of halogens is 1. The molecule has 1 heterocycles. The molecular formula is C23H26ClNO3. The molecular weight excluding hydrogens is 374 g/mol. The lowest BCUT2D eigenvalue weighted by Gasteiger charge is -2.31. The third kappa shape index (κ3) is 5.20. The highest BCUT2D eigenvalue weighted by Gasteiger charge is 2.30. The summed E-state index contributed by atoms with van der Waals surface area (Å²) in [6.07, 6.45) is 5.99. The normalized spacial score (nSPS) is 20.4. The Morgan fingerprint density at radius 3 is 2.46 bits per heavy atom. The van der Waals surface area contributed by atoms with Crippen LogP contribution in [-0.2, 0) is 9.53 Å². The second-order valence-electron chi connectivity index (χ2n) is 7.67. The Kier molecular flexibility index (Phi) is 6.84. The number of esters is 1. The van der Waals surface area contributed by atoms with Gasteiger partial charge in [0, 0.05) is 22.5 Å². The highest BCUT2D eigenvalue weighted by molar-refractivity contribution is 6.30. The van der Waals surface area contributed by atoms with Crippen LogP contribution in [0.15, 0.2) is 42.6 Å². The van der Waals surface area contributed by atoms with E-state index in [9.17, 15) is 9.59 Å². The molecule has 1 aliphatic carbocycles. The fourth-order valence-electron chi connectivity index (χ4n) is 3.95. The maximum Gasteiger partial charge on any atom is 0.309 e. The first-order valence-corrected chi connectivity index (χ1v) is 10.2. The summed E-state index contributed by atoms with van der Waals surface area (Å²) in [6.45, 7) is 3.70. The van der Waals surface area contributed by atoms with Gasteiger partial charge in [-0.3, -0.25) is 14.6 Å². The molecule has 0 amide bonds. The van der Waals surface area contributed by atoms with Crippen molar-refractivity contribution in [1.29, 1.82) is 0 Å². The van der Waals surface area contributed by atoms with Gasteiger partial charge in [0.15, 0.2) is 12.4 Å². The minimum absolute atomic E-state index is 0.196. The van der Waals surface area contributed by atoms with Crippen LogP contribution in [0.4, 0.5) is 0 Å². The summed E-state index contributed by atoms with van der Waals surface area (Å²) in [5.41, 5.74) is 2.88. The standard InChI is InChI=1S/C23H26ClNO3/c1-15-13-20(11-12-25-15)18-5-3-17(4-6-18)16(2)23(27)28-14-22(26)19-7-9-21(24)10-8-19/h7-13,16-18H,3-6,14H2,1-2H3. The Morgan fingerprint density at radius 1 is 1.14 bits per heavy atom. The SMILES string of the molecule is Cc1cc(C2CCC(C(C)C(=O)OCC(=O)c3ccc(Cl)cc3)CC2)ccn1. The predicted molar refractivity (Wildman–Crippen MR) is 110 cm³/mol. The third-order valence-electron chi connectivity index (χ3n) is 5.75. The number of hydrogen-bond donors (Lipinski definition) is 0. The highest BCUT2D eigenvalue weighted by Crippen LogP contribution is 2.39. The number of Topliss-reactive ketones (excluding diaryl/α,β-unsaturated/α-hetero) is 1. The Balaban J connectivity index is 1.47. The average molecular weight is 400 g/mol. The molecule has 0 saturated heterocycles. The van der Waals surface area contributed by atoms with Crippen molar-refractivity contribution in [2.45, 2.75) is 45.4 Å². The molecule has 1 saturated carbocycles. The van der Waals surface area contributed by atoms with E-state index in [1.807, 2.05) is 20.0 Å². The summed E-state index contributed by atoms with van der Waals surface area (Å²) in [5, 5.41) is 0.569. The van der Waals surface area contributed by atoms with Gasteiger partial charge in [0.1, 0.15) is 0 Å². The van der Waals surface area contributed by atoms with Gasteiger partial charge in [-0.1, -0.05) is 18.5 Å². The number of carbonyl (C=O) groups excluding carboxylic acids is 2. The van der Waals surface area contributed by atoms with Crippen LogP contribution in [0.25, 0.3) is 0 Å². The second kappa shape index (κ2) is 9.33. The molecule has 4 nitrogen and oxygen atoms in total. The van der Waals surface area contributed by atoms with E-state index in [2.05, 4.69) is 17.1 Å². The average Bonchev–Trinajstić information content (AvgIpc) is 2.72. The molecule has 3 rings (SSSR count). The van der Waals surface area contributed by atoms with Gasteiger partial charge in [-0.2, -0.15) is 0 Å². The van der Waals surface area contributed by atoms with E-state index in [4.69, 9.17) is 16.3 Å². The Hall–Kier alpha value is -2.20. The number of hydrogen-bond acceptors (Lipinski definition) is 4. The first-order chi connectivity index (χ1) is 13.4. The van der Waals surface area contributed by atoms with Crippen LogP contribution in [0, 0.1) is 18.8 Å². The molecule has 1 fully saturated rings. The maximum absolute atomic E-state index is 12.4. The van der Waals surface area contributed by atoms with Crippen molar-refractivity contribution in [2.75, 3.05) is 6.61 Å². The molecule has 2 aromatic rings. The molecule has 5 heteroatoms. The number of pyridine rings is 1. The maximum atomic E-state index is 12.4. The summed E-state index contributed by atoms with van der Waals surface area (Å²) in [4.78, 5) is 28.9. The van der Waals surface area contributed by atoms with E-state index in [-0.39, 0.29) is 24.3 Å². The molecule has 0 N–H and O–H groups in total. The minimum atomic E-state index is -0.287. The number of aryl methyl sites for hydroxylation is 1. The lowest BCUT2D eigenvalue weighted by Crippen LogP contribution is -2.28. The van der Waals surface area contributed by atoms with Crippen molar-refractivity contribution >= 4 is 23.4 Å². The van der Waals surface area contributed by atoms with Crippen LogP contribution in [0.1, 0.15) is 60.1 Å². The smallest absolute Gasteiger partial charge is 0.309 e. The zero-order valence-electron chi connectivity index (χ0n) is 16.4. The number of carbonyl (C=O) groups is 2. The van der Waals surface area contributed by atoms with Crippen LogP contribution in [0.2, 0.25) is 5.02 Å². The molecule has 1 aromatic carbocycles. The first-order valence-electron chi connectivity index (χ1n) is 9.82. The van der Waals surface area contributed by atoms with Crippen molar-refractivity contribution < 1.29 is 14.3 Å². The summed E-state index contributed by atoms with van der Waals surface area (Å²) in [5.74, 6) is 0.141. The zero-order chi connectivity index (χ0) is 20.1. The fraction of sp³-hybridized carbons (Fsp3) is 0.435. The quantitative estimate of drug-likeness (QED) is 0.483. The van der Waals surface area contributed by atoms with E-state index in [0.29, 0.717) is 22.4 Å². The predicted octanol–water partition coefficient (Wildman–Crippen LogP) is 5.38. The molecule has 1 aliphatic rings. The van der Waals surface area contributed by atoms with Gasteiger partial charge in [-0.25, -0.2) is 0 Å². The Morgan fingerprint density at radius 2 is 1.82 bits per heavy atom. The lowest BCUT2D eigenvalue weighted by atomic mass is 9.74. The lowest BCUT2D eigenvalue weighted by molar-refractivity contribution is -0.149. The van der Waals surface area contributed by atoms with E-state index in [1.165, 1.54) is 5.56 Å². The van der Waals surface area contributed by atoms with Gasteiger partial charge in [0.25, 0.3) is 0 Å². The van der Waals surface area contributed by atoms with Crippen molar-refractivity contribution in [1.82, 2.24) is 4.98 Å². The number of rotatable bonds is 6. The van der Waals surface area contributed by atoms with Crippen LogP contribution in [0.3, 0.4) is 0 Å². The van der Waals surface area contributed by atoms with Gasteiger partial charge in [-0.05, 0) is 86.4 Å². The van der Waals surface area contributed by atoms with Crippen LogP contribution in [-0.4, -0.2) is 23.3 Å². The molecule has 1 unspecified atom stereocenters. The fourth-order valence-corrected chi connectivity index (χ4v) is 4.08. The molecule has 0 bridgehead atoms. The van der Waals surface area contributed by atoms with Crippen LogP contribution < -0.4 is 0 Å². The number of benzene rings is 1. The minimum Gasteiger partial charge on any atom is -0.457 e. The van der Waals surface area contributed by atoms with E-state index in [1.54, 1.807) is 24.3 Å². The molecule has 28 heavy (non-hydrogen) atoms. The number of ether oxygens (including phenoxy) is 1. The number of aromatic nitrogens is 1. The molecule has 0 radical (unpaired) electrons. The molecule has 1 aromatic heterocycles. The Bertz CT molecular complexity index is 826. The summed E-state index contributed by atoms with van der Waals surface area (Å²) < 4.78 is 5.30. The second-order valence-corrected chi connectivity index (χ2v) is 8.11. The van der Waals surface area contributed by atoms with Gasteiger partial charge in [0.2, 0.25) is 0 Å². The molecule has 0 spiro atoms. The van der Waals surface area contributed by atoms with Crippen molar-refractivity contribution in [3.8, 4) is 0 Å². The molecule has 148 valence electrons. The van der Waals surface area contributed by atoms with Gasteiger partial charge >= 0.3 is 5.97 Å². The highest BCUT2D eigenvalue weighted by atomic mass is 35.5. The van der Waals surface area contributed by atoms with Gasteiger partial charge in [-0.15, -0.1) is 0 Å². The van der Waals surface area contributed by atoms with E-state index in [0.717, 1.165) is 31.4 Å². The van der Waals surface area contributed by atoms with Gasteiger partial charge in [0.05, 0.1) is 5.92 Å². The van der Waals surface area contributed by atoms with E-state index >= 15 is 0 Å². The summed E-state index contributed by atoms with van der Waals surface area (Å²) >= 11 is 5.83. The molecule has 0 aliphatic heterocycles. The summed E-state index contributed by atoms with van der Waals surface area (Å²) in [6, 6.07) is 10.8. The van der Waals surface area contributed by atoms with Crippen LogP contribution >= 0.6 is 11.6 Å². The van der Waals surface area contributed by atoms with Gasteiger partial charge < -0.3 is 4.74 Å². The van der Waals surface area contributed by atoms with Crippen molar-refractivity contribution in [2.24, 2.45) is 11.8 Å². The summed E-state index contributed by atoms with van der Waals surface area (Å²) in [7, 11) is 0.